The van der Waals surface area contributed by atoms with Crippen molar-refractivity contribution in [3.63, 3.8) is 0 Å². The molecule has 0 rings (SSSR count). The molecule has 0 saturated carbocycles. The van der Waals surface area contributed by atoms with Gasteiger partial charge in [0.25, 0.3) is 0 Å². The lowest BCUT2D eigenvalue weighted by atomic mass is 10.3. The molecule has 0 aromatic heterocycles. The third-order valence-corrected chi connectivity index (χ3v) is 6.06. The summed E-state index contributed by atoms with van der Waals surface area (Å²) in [5.41, 5.74) is 0. The molecule has 17 heavy (non-hydrogen) atoms. The molecule has 0 saturated heterocycles. The lowest BCUT2D eigenvalue weighted by molar-refractivity contribution is 0.546. The molecular formula is C10H23NO4S2. The average molecular weight is 285 g/mol. The molecule has 0 aromatic rings. The molecule has 0 radical (unpaired) electrons. The van der Waals surface area contributed by atoms with E-state index in [0.717, 1.165) is 6.26 Å². The number of rotatable bonds is 6. The van der Waals surface area contributed by atoms with Crippen molar-refractivity contribution in [2.45, 2.75) is 38.5 Å². The molecule has 0 amide bonds. The Morgan fingerprint density at radius 2 is 1.59 bits per heavy atom. The van der Waals surface area contributed by atoms with Crippen LogP contribution < -0.4 is 5.32 Å². The van der Waals surface area contributed by atoms with Crippen LogP contribution in [0, 0.1) is 0 Å². The van der Waals surface area contributed by atoms with Crippen molar-refractivity contribution in [2.75, 3.05) is 24.3 Å². The molecular weight excluding hydrogens is 262 g/mol. The highest BCUT2D eigenvalue weighted by Gasteiger charge is 2.28. The van der Waals surface area contributed by atoms with Gasteiger partial charge in [0.1, 0.15) is 9.84 Å². The summed E-state index contributed by atoms with van der Waals surface area (Å²) in [6, 6.07) is -0.236. The molecule has 0 spiro atoms. The first kappa shape index (κ1) is 16.9. The van der Waals surface area contributed by atoms with Gasteiger partial charge < -0.3 is 5.32 Å². The fraction of sp³-hybridized carbons (Fsp3) is 1.00. The number of hydrogen-bond acceptors (Lipinski definition) is 5. The Hall–Kier alpha value is -0.140. The molecule has 0 bridgehead atoms. The Kier molecular flexibility index (Phi) is 5.62. The van der Waals surface area contributed by atoms with Crippen LogP contribution in [0.1, 0.15) is 27.7 Å². The summed E-state index contributed by atoms with van der Waals surface area (Å²) in [6.07, 6.45) is 1.16. The molecule has 0 aromatic carbocycles. The topological polar surface area (TPSA) is 80.3 Å². The SMILES string of the molecule is CC(CS(C)(=O)=O)NCCS(=O)(=O)C(C)(C)C. The Labute approximate surface area is 105 Å². The van der Waals surface area contributed by atoms with Crippen molar-refractivity contribution >= 4 is 19.7 Å². The molecule has 0 heterocycles. The highest BCUT2D eigenvalue weighted by atomic mass is 32.2. The van der Waals surface area contributed by atoms with E-state index in [0.29, 0.717) is 0 Å². The maximum atomic E-state index is 11.8. The second-order valence-electron chi connectivity index (χ2n) is 5.38. The van der Waals surface area contributed by atoms with Gasteiger partial charge in [0.05, 0.1) is 16.3 Å². The van der Waals surface area contributed by atoms with Crippen molar-refractivity contribution < 1.29 is 16.8 Å². The van der Waals surface area contributed by atoms with Gasteiger partial charge in [0, 0.05) is 18.8 Å². The van der Waals surface area contributed by atoms with Gasteiger partial charge in [-0.2, -0.15) is 0 Å². The van der Waals surface area contributed by atoms with Crippen LogP contribution in [0.2, 0.25) is 0 Å². The van der Waals surface area contributed by atoms with E-state index in [1.54, 1.807) is 27.7 Å². The maximum Gasteiger partial charge on any atom is 0.156 e. The predicted octanol–water partition coefficient (Wildman–Crippen LogP) is 0.222. The Morgan fingerprint density at radius 1 is 1.12 bits per heavy atom. The van der Waals surface area contributed by atoms with Gasteiger partial charge in [-0.15, -0.1) is 0 Å². The van der Waals surface area contributed by atoms with Crippen LogP contribution in [0.4, 0.5) is 0 Å². The Balaban J connectivity index is 4.19. The molecule has 7 heteroatoms. The van der Waals surface area contributed by atoms with Crippen molar-refractivity contribution in [2.24, 2.45) is 0 Å². The van der Waals surface area contributed by atoms with Crippen molar-refractivity contribution in [1.82, 2.24) is 5.32 Å². The fourth-order valence-electron chi connectivity index (χ4n) is 1.26. The minimum absolute atomic E-state index is 0.0164. The summed E-state index contributed by atoms with van der Waals surface area (Å²) in [5.74, 6) is 0.0349. The third-order valence-electron chi connectivity index (χ3n) is 2.35. The molecule has 1 unspecified atom stereocenters. The summed E-state index contributed by atoms with van der Waals surface area (Å²) in [6.45, 7) is 6.97. The van der Waals surface area contributed by atoms with E-state index in [1.807, 2.05) is 0 Å². The van der Waals surface area contributed by atoms with Gasteiger partial charge in [-0.05, 0) is 27.7 Å². The summed E-state index contributed by atoms with van der Waals surface area (Å²) >= 11 is 0. The molecule has 0 aliphatic rings. The molecule has 1 N–H and O–H groups in total. The van der Waals surface area contributed by atoms with Gasteiger partial charge in [-0.3, -0.25) is 0 Å². The van der Waals surface area contributed by atoms with Crippen molar-refractivity contribution in [3.05, 3.63) is 0 Å². The van der Waals surface area contributed by atoms with Crippen LogP contribution in [0.5, 0.6) is 0 Å². The van der Waals surface area contributed by atoms with Crippen LogP contribution in [0.15, 0.2) is 0 Å². The summed E-state index contributed by atoms with van der Waals surface area (Å²) in [5, 5.41) is 2.91. The monoisotopic (exact) mass is 285 g/mol. The first-order chi connectivity index (χ1) is 7.35. The van der Waals surface area contributed by atoms with E-state index in [2.05, 4.69) is 5.32 Å². The first-order valence-corrected chi connectivity index (χ1v) is 9.20. The molecule has 5 nitrogen and oxygen atoms in total. The van der Waals surface area contributed by atoms with Crippen molar-refractivity contribution in [1.29, 1.82) is 0 Å². The van der Waals surface area contributed by atoms with Crippen LogP contribution in [-0.2, 0) is 19.7 Å². The van der Waals surface area contributed by atoms with E-state index in [4.69, 9.17) is 0 Å². The Bertz CT molecular complexity index is 431. The minimum Gasteiger partial charge on any atom is -0.312 e. The van der Waals surface area contributed by atoms with Crippen LogP contribution in [-0.4, -0.2) is 51.9 Å². The van der Waals surface area contributed by atoms with E-state index in [-0.39, 0.29) is 24.1 Å². The number of nitrogens with one attached hydrogen (secondary N) is 1. The van der Waals surface area contributed by atoms with E-state index in [1.165, 1.54) is 0 Å². The minimum atomic E-state index is -3.15. The Morgan fingerprint density at radius 3 is 1.94 bits per heavy atom. The second kappa shape index (κ2) is 5.67. The zero-order valence-electron chi connectivity index (χ0n) is 11.1. The highest BCUT2D eigenvalue weighted by molar-refractivity contribution is 7.92. The summed E-state index contributed by atoms with van der Waals surface area (Å²) in [7, 11) is -6.18. The van der Waals surface area contributed by atoms with Crippen LogP contribution in [0.25, 0.3) is 0 Å². The number of hydrogen-bond donors (Lipinski definition) is 1. The average Bonchev–Trinajstić information content (AvgIpc) is 1.97. The van der Waals surface area contributed by atoms with E-state index < -0.39 is 24.4 Å². The quantitative estimate of drug-likeness (QED) is 0.755. The van der Waals surface area contributed by atoms with Gasteiger partial charge in [-0.1, -0.05) is 0 Å². The van der Waals surface area contributed by atoms with Gasteiger partial charge in [0.15, 0.2) is 9.84 Å². The van der Waals surface area contributed by atoms with E-state index >= 15 is 0 Å². The smallest absolute Gasteiger partial charge is 0.156 e. The van der Waals surface area contributed by atoms with Crippen LogP contribution in [0.3, 0.4) is 0 Å². The van der Waals surface area contributed by atoms with E-state index in [9.17, 15) is 16.8 Å². The van der Waals surface area contributed by atoms with Gasteiger partial charge in [0.2, 0.25) is 0 Å². The second-order valence-corrected chi connectivity index (χ2v) is 10.4. The van der Waals surface area contributed by atoms with Gasteiger partial charge in [-0.25, -0.2) is 16.8 Å². The lowest BCUT2D eigenvalue weighted by Gasteiger charge is -2.20. The summed E-state index contributed by atoms with van der Waals surface area (Å²) < 4.78 is 44.8. The molecule has 1 atom stereocenters. The normalized spacial score (nSPS) is 15.8. The zero-order valence-corrected chi connectivity index (χ0v) is 12.8. The molecule has 0 fully saturated rings. The van der Waals surface area contributed by atoms with Crippen LogP contribution >= 0.6 is 0 Å². The molecule has 0 aliphatic heterocycles. The molecule has 0 aliphatic carbocycles. The van der Waals surface area contributed by atoms with Gasteiger partial charge >= 0.3 is 0 Å². The highest BCUT2D eigenvalue weighted by Crippen LogP contribution is 2.15. The fourth-order valence-corrected chi connectivity index (χ4v) is 3.28. The standard InChI is InChI=1S/C10H23NO4S2/c1-9(8-16(5,12)13)11-6-7-17(14,15)10(2,3)4/h9,11H,6-8H2,1-5H3. The summed E-state index contributed by atoms with van der Waals surface area (Å²) in [4.78, 5) is 0. The molecule has 104 valence electrons. The largest absolute Gasteiger partial charge is 0.312 e. The number of sulfone groups is 2. The zero-order chi connectivity index (χ0) is 13.9. The maximum absolute atomic E-state index is 11.8. The third kappa shape index (κ3) is 7.00. The first-order valence-electron chi connectivity index (χ1n) is 5.48. The van der Waals surface area contributed by atoms with Crippen molar-refractivity contribution in [3.8, 4) is 0 Å². The predicted molar refractivity (Wildman–Crippen MR) is 70.7 cm³/mol. The lowest BCUT2D eigenvalue weighted by Crippen LogP contribution is -2.39.